The fourth-order valence-electron chi connectivity index (χ4n) is 3.30. The van der Waals surface area contributed by atoms with Crippen LogP contribution >= 0.6 is 0 Å². The van der Waals surface area contributed by atoms with Gasteiger partial charge in [0.2, 0.25) is 5.91 Å². The third-order valence-corrected chi connectivity index (χ3v) is 4.50. The number of likely N-dealkylation sites (N-methyl/N-ethyl adjacent to an activating group) is 1. The smallest absolute Gasteiger partial charge is 0.262 e. The van der Waals surface area contributed by atoms with Gasteiger partial charge in [0.25, 0.3) is 5.56 Å². The molecule has 1 atom stereocenters. The third-order valence-electron chi connectivity index (χ3n) is 4.50. The first kappa shape index (κ1) is 14.6. The lowest BCUT2D eigenvalue weighted by Crippen LogP contribution is -2.46. The van der Waals surface area contributed by atoms with Gasteiger partial charge in [-0.3, -0.25) is 14.2 Å². The van der Waals surface area contributed by atoms with Crippen LogP contribution in [0.25, 0.3) is 10.9 Å². The van der Waals surface area contributed by atoms with E-state index >= 15 is 0 Å². The average Bonchev–Trinajstić information content (AvgIpc) is 2.60. The molecule has 2 heterocycles. The van der Waals surface area contributed by atoms with Gasteiger partial charge >= 0.3 is 0 Å². The molecule has 1 amide bonds. The highest BCUT2D eigenvalue weighted by molar-refractivity contribution is 5.83. The summed E-state index contributed by atoms with van der Waals surface area (Å²) < 4.78 is 1.58. The second-order valence-corrected chi connectivity index (χ2v) is 6.12. The molecular weight excluding hydrogens is 302 g/mol. The fourth-order valence-corrected chi connectivity index (χ4v) is 3.30. The molecule has 0 radical (unpaired) electrons. The van der Waals surface area contributed by atoms with E-state index < -0.39 is 6.04 Å². The Bertz CT molecular complexity index is 979. The van der Waals surface area contributed by atoms with Gasteiger partial charge in [0.1, 0.15) is 11.9 Å². The Morgan fingerprint density at radius 3 is 2.54 bits per heavy atom. The highest BCUT2D eigenvalue weighted by Crippen LogP contribution is 2.23. The van der Waals surface area contributed by atoms with Crippen molar-refractivity contribution in [1.82, 2.24) is 14.5 Å². The number of aromatic nitrogens is 2. The minimum absolute atomic E-state index is 0.0504. The van der Waals surface area contributed by atoms with E-state index in [0.29, 0.717) is 29.7 Å². The highest BCUT2D eigenvalue weighted by atomic mass is 16.2. The lowest BCUT2D eigenvalue weighted by atomic mass is 10.0. The van der Waals surface area contributed by atoms with E-state index in [1.807, 2.05) is 48.5 Å². The van der Waals surface area contributed by atoms with Crippen molar-refractivity contribution in [3.63, 3.8) is 0 Å². The molecule has 5 nitrogen and oxygen atoms in total. The molecule has 4 rings (SSSR count). The molecule has 0 unspecified atom stereocenters. The van der Waals surface area contributed by atoms with Crippen molar-refractivity contribution in [1.29, 1.82) is 0 Å². The standard InChI is InChI=1S/C19H17N3O2/c1-21-12-17-20-15-10-6-5-9-14(15)18(23)22(17)16(19(21)24)11-13-7-3-2-4-8-13/h2-10,16H,11-12H2,1H3/t16-/m0/s1. The maximum atomic E-state index is 13.0. The first-order chi connectivity index (χ1) is 11.6. The van der Waals surface area contributed by atoms with E-state index in [0.717, 1.165) is 5.56 Å². The number of carbonyl (C=O) groups is 1. The Labute approximate surface area is 139 Å². The Morgan fingerprint density at radius 2 is 1.75 bits per heavy atom. The minimum Gasteiger partial charge on any atom is -0.336 e. The topological polar surface area (TPSA) is 55.2 Å². The molecule has 5 heteroatoms. The monoisotopic (exact) mass is 319 g/mol. The van der Waals surface area contributed by atoms with Crippen LogP contribution in [0.5, 0.6) is 0 Å². The second-order valence-electron chi connectivity index (χ2n) is 6.12. The number of rotatable bonds is 2. The summed E-state index contributed by atoms with van der Waals surface area (Å²) in [6, 6.07) is 16.5. The number of hydrogen-bond acceptors (Lipinski definition) is 3. The fraction of sp³-hybridized carbons (Fsp3) is 0.211. The Hall–Kier alpha value is -2.95. The van der Waals surface area contributed by atoms with Gasteiger partial charge in [-0.05, 0) is 17.7 Å². The molecule has 1 aliphatic heterocycles. The van der Waals surface area contributed by atoms with Crippen LogP contribution in [0, 0.1) is 0 Å². The minimum atomic E-state index is -0.550. The van der Waals surface area contributed by atoms with Crippen molar-refractivity contribution in [3.8, 4) is 0 Å². The molecule has 0 fully saturated rings. The Balaban J connectivity index is 1.91. The quantitative estimate of drug-likeness (QED) is 0.727. The number of hydrogen-bond donors (Lipinski definition) is 0. The SMILES string of the molecule is CN1Cc2nc3ccccc3c(=O)n2[C@@H](Cc2ccccc2)C1=O. The third kappa shape index (κ3) is 2.29. The first-order valence-corrected chi connectivity index (χ1v) is 7.94. The highest BCUT2D eigenvalue weighted by Gasteiger charge is 2.33. The maximum absolute atomic E-state index is 13.0. The number of nitrogens with zero attached hydrogens (tertiary/aromatic N) is 3. The lowest BCUT2D eigenvalue weighted by molar-refractivity contribution is -0.136. The molecule has 120 valence electrons. The van der Waals surface area contributed by atoms with Crippen LogP contribution in [-0.4, -0.2) is 27.4 Å². The zero-order valence-electron chi connectivity index (χ0n) is 13.3. The van der Waals surface area contributed by atoms with Crippen molar-refractivity contribution in [2.75, 3.05) is 7.05 Å². The predicted octanol–water partition coefficient (Wildman–Crippen LogP) is 2.15. The van der Waals surface area contributed by atoms with Gasteiger partial charge in [-0.2, -0.15) is 0 Å². The van der Waals surface area contributed by atoms with E-state index in [2.05, 4.69) is 4.98 Å². The van der Waals surface area contributed by atoms with Gasteiger partial charge in [-0.15, -0.1) is 0 Å². The largest absolute Gasteiger partial charge is 0.336 e. The molecule has 24 heavy (non-hydrogen) atoms. The van der Waals surface area contributed by atoms with E-state index in [-0.39, 0.29) is 11.5 Å². The van der Waals surface area contributed by atoms with Gasteiger partial charge in [0.05, 0.1) is 17.4 Å². The van der Waals surface area contributed by atoms with E-state index in [9.17, 15) is 9.59 Å². The summed E-state index contributed by atoms with van der Waals surface area (Å²) in [6.45, 7) is 0.351. The number of benzene rings is 2. The normalized spacial score (nSPS) is 17.1. The molecule has 0 aliphatic carbocycles. The molecule has 3 aromatic rings. The predicted molar refractivity (Wildman–Crippen MR) is 91.7 cm³/mol. The van der Waals surface area contributed by atoms with Gasteiger partial charge in [0, 0.05) is 13.5 Å². The van der Waals surface area contributed by atoms with Gasteiger partial charge in [0.15, 0.2) is 0 Å². The zero-order chi connectivity index (χ0) is 16.7. The van der Waals surface area contributed by atoms with Crippen molar-refractivity contribution in [3.05, 3.63) is 76.3 Å². The van der Waals surface area contributed by atoms with Crippen molar-refractivity contribution >= 4 is 16.8 Å². The van der Waals surface area contributed by atoms with Gasteiger partial charge in [-0.1, -0.05) is 42.5 Å². The molecule has 1 aromatic heterocycles. The molecule has 2 aromatic carbocycles. The Morgan fingerprint density at radius 1 is 1.04 bits per heavy atom. The van der Waals surface area contributed by atoms with Crippen LogP contribution in [-0.2, 0) is 17.8 Å². The van der Waals surface area contributed by atoms with Crippen LogP contribution in [0.15, 0.2) is 59.4 Å². The molecule has 0 saturated carbocycles. The van der Waals surface area contributed by atoms with Crippen molar-refractivity contribution in [2.24, 2.45) is 0 Å². The Kier molecular flexibility index (Phi) is 3.41. The van der Waals surface area contributed by atoms with Crippen molar-refractivity contribution < 1.29 is 4.79 Å². The number of carbonyl (C=O) groups excluding carboxylic acids is 1. The van der Waals surface area contributed by atoms with Gasteiger partial charge < -0.3 is 4.90 Å². The summed E-state index contributed by atoms with van der Waals surface area (Å²) >= 11 is 0. The molecular formula is C19H17N3O2. The van der Waals surface area contributed by atoms with Crippen LogP contribution < -0.4 is 5.56 Å². The summed E-state index contributed by atoms with van der Waals surface area (Å²) in [4.78, 5) is 32.0. The lowest BCUT2D eigenvalue weighted by Gasteiger charge is -2.32. The second kappa shape index (κ2) is 5.60. The van der Waals surface area contributed by atoms with Crippen molar-refractivity contribution in [2.45, 2.75) is 19.0 Å². The molecule has 1 aliphatic rings. The number of amides is 1. The van der Waals surface area contributed by atoms with E-state index in [4.69, 9.17) is 0 Å². The van der Waals surface area contributed by atoms with E-state index in [1.54, 1.807) is 22.6 Å². The van der Waals surface area contributed by atoms with Crippen LogP contribution in [0.3, 0.4) is 0 Å². The maximum Gasteiger partial charge on any atom is 0.262 e. The summed E-state index contributed by atoms with van der Waals surface area (Å²) in [5.74, 6) is 0.590. The summed E-state index contributed by atoms with van der Waals surface area (Å²) in [5.41, 5.74) is 1.56. The molecule has 0 saturated heterocycles. The average molecular weight is 319 g/mol. The molecule has 0 spiro atoms. The number of fused-ring (bicyclic) bond motifs is 2. The summed E-state index contributed by atoms with van der Waals surface area (Å²) in [7, 11) is 1.76. The summed E-state index contributed by atoms with van der Waals surface area (Å²) in [5, 5.41) is 0.552. The number of para-hydroxylation sites is 1. The zero-order valence-corrected chi connectivity index (χ0v) is 13.3. The van der Waals surface area contributed by atoms with Crippen LogP contribution in [0.2, 0.25) is 0 Å². The van der Waals surface area contributed by atoms with E-state index in [1.165, 1.54) is 0 Å². The van der Waals surface area contributed by atoms with Crippen LogP contribution in [0.4, 0.5) is 0 Å². The molecule has 0 N–H and O–H groups in total. The van der Waals surface area contributed by atoms with Crippen LogP contribution in [0.1, 0.15) is 17.4 Å². The summed E-state index contributed by atoms with van der Waals surface area (Å²) in [6.07, 6.45) is 0.483. The van der Waals surface area contributed by atoms with Gasteiger partial charge in [-0.25, -0.2) is 4.98 Å². The molecule has 0 bridgehead atoms. The first-order valence-electron chi connectivity index (χ1n) is 7.94.